The van der Waals surface area contributed by atoms with E-state index in [1.54, 1.807) is 25.1 Å². The second-order valence-corrected chi connectivity index (χ2v) is 11.4. The van der Waals surface area contributed by atoms with Crippen molar-refractivity contribution in [3.8, 4) is 0 Å². The molecule has 0 fully saturated rings. The Bertz CT molecular complexity index is 1360. The van der Waals surface area contributed by atoms with E-state index in [-0.39, 0.29) is 29.0 Å². The minimum absolute atomic E-state index is 0.0794. The fourth-order valence-electron chi connectivity index (χ4n) is 3.89. The zero-order valence-corrected chi connectivity index (χ0v) is 22.9. The summed E-state index contributed by atoms with van der Waals surface area (Å²) in [7, 11) is -4.31. The van der Waals surface area contributed by atoms with E-state index >= 15 is 0 Å². The van der Waals surface area contributed by atoms with Crippen LogP contribution in [0.5, 0.6) is 0 Å². The fraction of sp³-hybridized carbons (Fsp3) is 0.310. The van der Waals surface area contributed by atoms with Crippen molar-refractivity contribution in [1.29, 1.82) is 0 Å². The summed E-state index contributed by atoms with van der Waals surface area (Å²) in [5, 5.41) is 2.84. The van der Waals surface area contributed by atoms with Crippen molar-refractivity contribution in [2.75, 3.05) is 17.4 Å². The molecule has 0 saturated heterocycles. The largest absolute Gasteiger partial charge is 0.354 e. The van der Waals surface area contributed by atoms with Crippen LogP contribution in [0.1, 0.15) is 31.9 Å². The van der Waals surface area contributed by atoms with Gasteiger partial charge in [0, 0.05) is 13.1 Å². The van der Waals surface area contributed by atoms with Crippen LogP contribution >= 0.6 is 0 Å². The molecule has 0 spiro atoms. The molecule has 0 aliphatic heterocycles. The van der Waals surface area contributed by atoms with Crippen molar-refractivity contribution >= 4 is 27.5 Å². The van der Waals surface area contributed by atoms with Crippen molar-refractivity contribution in [2.45, 2.75) is 45.2 Å². The quantitative estimate of drug-likeness (QED) is 0.388. The van der Waals surface area contributed by atoms with Crippen LogP contribution < -0.4 is 9.62 Å². The highest BCUT2D eigenvalue weighted by Gasteiger charge is 2.33. The van der Waals surface area contributed by atoms with E-state index in [2.05, 4.69) is 5.32 Å². The Kier molecular flexibility index (Phi) is 9.63. The van der Waals surface area contributed by atoms with E-state index in [0.717, 1.165) is 21.5 Å². The average molecular weight is 540 g/mol. The average Bonchev–Trinajstić information content (AvgIpc) is 2.90. The van der Waals surface area contributed by atoms with E-state index < -0.39 is 34.3 Å². The Balaban J connectivity index is 2.02. The lowest BCUT2D eigenvalue weighted by Crippen LogP contribution is -2.51. The summed E-state index contributed by atoms with van der Waals surface area (Å²) in [6, 6.07) is 19.5. The minimum atomic E-state index is -4.31. The standard InChI is InChI=1S/C29H34FN3O4S/c1-21(2)18-31-29(35)23(4)32(19-24-13-9-8-12-22(24)3)28(34)20-33(27-17-11-10-16-26(27)30)38(36,37)25-14-6-5-7-15-25/h5-17,21,23H,18-20H2,1-4H3,(H,31,35)/t23-/m1/s1. The predicted molar refractivity (Wildman–Crippen MR) is 146 cm³/mol. The van der Waals surface area contributed by atoms with Gasteiger partial charge in [-0.15, -0.1) is 0 Å². The van der Waals surface area contributed by atoms with Crippen LogP contribution in [0.4, 0.5) is 10.1 Å². The van der Waals surface area contributed by atoms with Gasteiger partial charge in [0.15, 0.2) is 0 Å². The molecule has 1 atom stereocenters. The Morgan fingerprint density at radius 3 is 2.13 bits per heavy atom. The smallest absolute Gasteiger partial charge is 0.264 e. The first-order valence-electron chi connectivity index (χ1n) is 12.5. The van der Waals surface area contributed by atoms with Crippen molar-refractivity contribution < 1.29 is 22.4 Å². The molecule has 0 heterocycles. The van der Waals surface area contributed by atoms with Gasteiger partial charge in [-0.05, 0) is 55.2 Å². The third-order valence-electron chi connectivity index (χ3n) is 6.18. The number of aryl methyl sites for hydroxylation is 1. The zero-order valence-electron chi connectivity index (χ0n) is 22.1. The highest BCUT2D eigenvalue weighted by Crippen LogP contribution is 2.27. The number of sulfonamides is 1. The van der Waals surface area contributed by atoms with Gasteiger partial charge in [-0.2, -0.15) is 0 Å². The fourth-order valence-corrected chi connectivity index (χ4v) is 5.34. The normalized spacial score (nSPS) is 12.2. The Morgan fingerprint density at radius 2 is 1.50 bits per heavy atom. The van der Waals surface area contributed by atoms with Gasteiger partial charge in [0.1, 0.15) is 18.4 Å². The third-order valence-corrected chi connectivity index (χ3v) is 7.96. The SMILES string of the molecule is Cc1ccccc1CN(C(=O)CN(c1ccccc1F)S(=O)(=O)c1ccccc1)[C@H](C)C(=O)NCC(C)C. The zero-order chi connectivity index (χ0) is 27.9. The first kappa shape index (κ1) is 28.8. The van der Waals surface area contributed by atoms with Gasteiger partial charge in [-0.25, -0.2) is 12.8 Å². The molecule has 0 saturated carbocycles. The summed E-state index contributed by atoms with van der Waals surface area (Å²) in [4.78, 5) is 28.1. The minimum Gasteiger partial charge on any atom is -0.354 e. The Labute approximate surface area is 224 Å². The highest BCUT2D eigenvalue weighted by molar-refractivity contribution is 7.92. The summed E-state index contributed by atoms with van der Waals surface area (Å²) < 4.78 is 43.0. The first-order chi connectivity index (χ1) is 18.0. The lowest BCUT2D eigenvalue weighted by molar-refractivity contribution is -0.139. The van der Waals surface area contributed by atoms with Gasteiger partial charge >= 0.3 is 0 Å². The Hall–Kier alpha value is -3.72. The monoisotopic (exact) mass is 539 g/mol. The van der Waals surface area contributed by atoms with E-state index in [1.165, 1.54) is 35.2 Å². The highest BCUT2D eigenvalue weighted by atomic mass is 32.2. The third kappa shape index (κ3) is 6.98. The van der Waals surface area contributed by atoms with Crippen LogP contribution in [-0.2, 0) is 26.2 Å². The number of anilines is 1. The van der Waals surface area contributed by atoms with Crippen LogP contribution in [-0.4, -0.2) is 44.3 Å². The predicted octanol–water partition coefficient (Wildman–Crippen LogP) is 4.52. The maximum Gasteiger partial charge on any atom is 0.264 e. The number of hydrogen-bond acceptors (Lipinski definition) is 4. The number of hydrogen-bond donors (Lipinski definition) is 1. The Morgan fingerprint density at radius 1 is 0.895 bits per heavy atom. The van der Waals surface area contributed by atoms with Crippen LogP contribution in [0.25, 0.3) is 0 Å². The molecule has 3 aromatic carbocycles. The second-order valence-electron chi connectivity index (χ2n) is 9.54. The number of benzene rings is 3. The van der Waals surface area contributed by atoms with Crippen LogP contribution in [0, 0.1) is 18.7 Å². The number of nitrogens with one attached hydrogen (secondary N) is 1. The molecule has 9 heteroatoms. The maximum absolute atomic E-state index is 14.9. The molecule has 0 bridgehead atoms. The first-order valence-corrected chi connectivity index (χ1v) is 13.9. The van der Waals surface area contributed by atoms with Crippen molar-refractivity contribution in [3.63, 3.8) is 0 Å². The molecule has 2 amide bonds. The van der Waals surface area contributed by atoms with Crippen molar-refractivity contribution in [3.05, 3.63) is 95.8 Å². The molecule has 0 unspecified atom stereocenters. The molecule has 1 N–H and O–H groups in total. The number of carbonyl (C=O) groups is 2. The van der Waals surface area contributed by atoms with Crippen molar-refractivity contribution in [2.24, 2.45) is 5.92 Å². The molecule has 0 aliphatic carbocycles. The lowest BCUT2D eigenvalue weighted by Gasteiger charge is -2.32. The molecule has 0 radical (unpaired) electrons. The van der Waals surface area contributed by atoms with Crippen LogP contribution in [0.2, 0.25) is 0 Å². The molecular formula is C29H34FN3O4S. The molecule has 202 valence electrons. The number of nitrogens with zero attached hydrogens (tertiary/aromatic N) is 2. The van der Waals surface area contributed by atoms with Gasteiger partial charge in [0.05, 0.1) is 10.6 Å². The summed E-state index contributed by atoms with van der Waals surface area (Å²) in [5.41, 5.74) is 1.48. The molecular weight excluding hydrogens is 505 g/mol. The number of rotatable bonds is 11. The van der Waals surface area contributed by atoms with E-state index in [9.17, 15) is 22.4 Å². The van der Waals surface area contributed by atoms with Crippen molar-refractivity contribution in [1.82, 2.24) is 10.2 Å². The van der Waals surface area contributed by atoms with Crippen LogP contribution in [0.3, 0.4) is 0 Å². The number of carbonyl (C=O) groups excluding carboxylic acids is 2. The topological polar surface area (TPSA) is 86.8 Å². The molecule has 0 aliphatic rings. The molecule has 3 rings (SSSR count). The van der Waals surface area contributed by atoms with E-state index in [4.69, 9.17) is 0 Å². The van der Waals surface area contributed by atoms with E-state index in [0.29, 0.717) is 6.54 Å². The van der Waals surface area contributed by atoms with Gasteiger partial charge in [0.2, 0.25) is 11.8 Å². The molecule has 38 heavy (non-hydrogen) atoms. The second kappa shape index (κ2) is 12.7. The molecule has 0 aromatic heterocycles. The van der Waals surface area contributed by atoms with Gasteiger partial charge < -0.3 is 10.2 Å². The molecule has 3 aromatic rings. The summed E-state index contributed by atoms with van der Waals surface area (Å²) >= 11 is 0. The summed E-state index contributed by atoms with van der Waals surface area (Å²) in [5.74, 6) is -1.57. The van der Waals surface area contributed by atoms with Gasteiger partial charge in [0.25, 0.3) is 10.0 Å². The number of amides is 2. The van der Waals surface area contributed by atoms with E-state index in [1.807, 2.05) is 45.0 Å². The lowest BCUT2D eigenvalue weighted by atomic mass is 10.1. The van der Waals surface area contributed by atoms with Gasteiger partial charge in [-0.3, -0.25) is 13.9 Å². The number of para-hydroxylation sites is 1. The van der Waals surface area contributed by atoms with Gasteiger partial charge in [-0.1, -0.05) is 68.4 Å². The van der Waals surface area contributed by atoms with Crippen LogP contribution in [0.15, 0.2) is 83.8 Å². The maximum atomic E-state index is 14.9. The summed E-state index contributed by atoms with van der Waals surface area (Å²) in [6.45, 7) is 7.24. The summed E-state index contributed by atoms with van der Waals surface area (Å²) in [6.07, 6.45) is 0. The molecule has 7 nitrogen and oxygen atoms in total. The number of halogens is 1.